The summed E-state index contributed by atoms with van der Waals surface area (Å²) in [6.07, 6.45) is 5.06. The second kappa shape index (κ2) is 6.95. The fourth-order valence-electron chi connectivity index (χ4n) is 3.71. The van der Waals surface area contributed by atoms with E-state index in [1.165, 1.54) is 12.1 Å². The molecule has 0 aliphatic rings. The minimum absolute atomic E-state index is 0.181. The lowest BCUT2D eigenvalue weighted by atomic mass is 10.1. The summed E-state index contributed by atoms with van der Waals surface area (Å²) in [7, 11) is 0. The smallest absolute Gasteiger partial charge is 0.161 e. The van der Waals surface area contributed by atoms with E-state index in [1.54, 1.807) is 24.7 Å². The van der Waals surface area contributed by atoms with E-state index < -0.39 is 5.82 Å². The minimum atomic E-state index is -0.556. The molecule has 5 heterocycles. The number of phenolic OH excluding ortho intramolecular Hbond substituents is 1. The average molecular weight is 423 g/mol. The Morgan fingerprint density at radius 1 is 0.844 bits per heavy atom. The summed E-state index contributed by atoms with van der Waals surface area (Å²) in [5.74, 6) is -0.239. The summed E-state index contributed by atoms with van der Waals surface area (Å²) >= 11 is 0. The van der Waals surface area contributed by atoms with Crippen molar-refractivity contribution >= 4 is 22.1 Å². The Balaban J connectivity index is 1.52. The number of fused-ring (bicyclic) bond motifs is 2. The van der Waals surface area contributed by atoms with Gasteiger partial charge in [-0.25, -0.2) is 14.4 Å². The Kier molecular flexibility index (Phi) is 3.94. The highest BCUT2D eigenvalue weighted by Crippen LogP contribution is 2.32. The lowest BCUT2D eigenvalue weighted by molar-refractivity contribution is 0.469. The zero-order valence-electron chi connectivity index (χ0n) is 16.4. The molecule has 1 aromatic carbocycles. The number of imidazole rings is 1. The fourth-order valence-corrected chi connectivity index (χ4v) is 3.71. The zero-order chi connectivity index (χ0) is 21.7. The molecule has 0 unspecified atom stereocenters. The molecule has 0 aliphatic heterocycles. The van der Waals surface area contributed by atoms with Crippen LogP contribution < -0.4 is 0 Å². The monoisotopic (exact) mass is 423 g/mol. The molecule has 5 aromatic heterocycles. The molecule has 0 bridgehead atoms. The van der Waals surface area contributed by atoms with Crippen LogP contribution in [-0.2, 0) is 0 Å². The number of rotatable bonds is 3. The van der Waals surface area contributed by atoms with E-state index in [0.717, 1.165) is 22.8 Å². The van der Waals surface area contributed by atoms with Crippen LogP contribution in [0.2, 0.25) is 0 Å². The molecule has 9 heteroatoms. The van der Waals surface area contributed by atoms with Crippen LogP contribution in [-0.4, -0.2) is 40.2 Å². The quantitative estimate of drug-likeness (QED) is 0.387. The topological polar surface area (TPSA) is 116 Å². The number of hydrogen-bond donors (Lipinski definition) is 3. The number of aromatic amines is 2. The molecular formula is C23H14FN7O. The van der Waals surface area contributed by atoms with E-state index >= 15 is 0 Å². The SMILES string of the molecule is Oc1cc(F)cc(-c2nccc3[nH]c(-c4n[nH]c5ccc(-c6cccnc6)nc45)nc23)c1. The maximum Gasteiger partial charge on any atom is 0.161 e. The molecule has 3 N–H and O–H groups in total. The summed E-state index contributed by atoms with van der Waals surface area (Å²) in [5, 5.41) is 17.2. The lowest BCUT2D eigenvalue weighted by Crippen LogP contribution is -1.88. The first-order valence-electron chi connectivity index (χ1n) is 9.76. The fraction of sp³-hybridized carbons (Fsp3) is 0. The van der Waals surface area contributed by atoms with Crippen LogP contribution in [0, 0.1) is 5.82 Å². The highest BCUT2D eigenvalue weighted by atomic mass is 19.1. The van der Waals surface area contributed by atoms with Gasteiger partial charge in [0.25, 0.3) is 0 Å². The van der Waals surface area contributed by atoms with Crippen LogP contribution in [0.15, 0.2) is 67.1 Å². The highest BCUT2D eigenvalue weighted by molar-refractivity contribution is 5.95. The molecule has 0 fully saturated rings. The van der Waals surface area contributed by atoms with E-state index in [-0.39, 0.29) is 5.75 Å². The third-order valence-electron chi connectivity index (χ3n) is 5.15. The predicted molar refractivity (Wildman–Crippen MR) is 117 cm³/mol. The molecule has 0 saturated heterocycles. The summed E-state index contributed by atoms with van der Waals surface area (Å²) in [6.45, 7) is 0. The molecule has 0 radical (unpaired) electrons. The average Bonchev–Trinajstić information content (AvgIpc) is 3.42. The van der Waals surface area contributed by atoms with Gasteiger partial charge in [0.2, 0.25) is 0 Å². The van der Waals surface area contributed by atoms with Gasteiger partial charge in [0, 0.05) is 35.8 Å². The van der Waals surface area contributed by atoms with Gasteiger partial charge in [0.1, 0.15) is 22.6 Å². The van der Waals surface area contributed by atoms with Gasteiger partial charge in [-0.15, -0.1) is 0 Å². The number of aromatic nitrogens is 7. The lowest BCUT2D eigenvalue weighted by Gasteiger charge is -2.03. The van der Waals surface area contributed by atoms with Crippen LogP contribution in [0.1, 0.15) is 0 Å². The molecular weight excluding hydrogens is 409 g/mol. The van der Waals surface area contributed by atoms with Crippen molar-refractivity contribution in [1.29, 1.82) is 0 Å². The van der Waals surface area contributed by atoms with Gasteiger partial charge in [0.15, 0.2) is 11.5 Å². The Hall–Kier alpha value is -4.66. The van der Waals surface area contributed by atoms with E-state index in [9.17, 15) is 9.50 Å². The molecule has 32 heavy (non-hydrogen) atoms. The maximum absolute atomic E-state index is 13.9. The highest BCUT2D eigenvalue weighted by Gasteiger charge is 2.18. The van der Waals surface area contributed by atoms with Gasteiger partial charge >= 0.3 is 0 Å². The molecule has 0 atom stereocenters. The predicted octanol–water partition coefficient (Wildman–Crippen LogP) is 4.47. The Morgan fingerprint density at radius 2 is 1.75 bits per heavy atom. The molecule has 0 aliphatic carbocycles. The van der Waals surface area contributed by atoms with Gasteiger partial charge in [-0.1, -0.05) is 0 Å². The Bertz CT molecular complexity index is 1590. The molecule has 0 saturated carbocycles. The number of benzene rings is 1. The Morgan fingerprint density at radius 3 is 2.59 bits per heavy atom. The van der Waals surface area contributed by atoms with Gasteiger partial charge < -0.3 is 10.1 Å². The van der Waals surface area contributed by atoms with Crippen LogP contribution in [0.5, 0.6) is 5.75 Å². The van der Waals surface area contributed by atoms with Gasteiger partial charge in [-0.05, 0) is 42.5 Å². The van der Waals surface area contributed by atoms with E-state index in [1.807, 2.05) is 24.3 Å². The van der Waals surface area contributed by atoms with Crippen molar-refractivity contribution in [2.24, 2.45) is 0 Å². The largest absolute Gasteiger partial charge is 0.508 e. The summed E-state index contributed by atoms with van der Waals surface area (Å²) in [4.78, 5) is 21.2. The van der Waals surface area contributed by atoms with Crippen molar-refractivity contribution in [2.45, 2.75) is 0 Å². The number of nitrogens with zero attached hydrogens (tertiary/aromatic N) is 5. The van der Waals surface area contributed by atoms with Crippen LogP contribution >= 0.6 is 0 Å². The van der Waals surface area contributed by atoms with Gasteiger partial charge in [-0.2, -0.15) is 5.10 Å². The number of halogens is 1. The van der Waals surface area contributed by atoms with Crippen molar-refractivity contribution in [3.05, 3.63) is 72.9 Å². The molecule has 6 rings (SSSR count). The normalized spacial score (nSPS) is 11.4. The molecule has 8 nitrogen and oxygen atoms in total. The van der Waals surface area contributed by atoms with E-state index in [2.05, 4.69) is 30.1 Å². The van der Waals surface area contributed by atoms with Gasteiger partial charge in [0.05, 0.1) is 22.4 Å². The third kappa shape index (κ3) is 2.95. The first-order chi connectivity index (χ1) is 15.7. The number of nitrogens with one attached hydrogen (secondary N) is 2. The molecule has 6 aromatic rings. The van der Waals surface area contributed by atoms with Crippen molar-refractivity contribution in [3.63, 3.8) is 0 Å². The first-order valence-corrected chi connectivity index (χ1v) is 9.76. The van der Waals surface area contributed by atoms with Gasteiger partial charge in [-0.3, -0.25) is 15.1 Å². The van der Waals surface area contributed by atoms with Crippen LogP contribution in [0.4, 0.5) is 4.39 Å². The van der Waals surface area contributed by atoms with Crippen molar-refractivity contribution in [2.75, 3.05) is 0 Å². The first kappa shape index (κ1) is 18.1. The minimum Gasteiger partial charge on any atom is -0.508 e. The molecule has 0 spiro atoms. The van der Waals surface area contributed by atoms with Crippen LogP contribution in [0.3, 0.4) is 0 Å². The third-order valence-corrected chi connectivity index (χ3v) is 5.15. The number of phenols is 1. The maximum atomic E-state index is 13.9. The molecule has 154 valence electrons. The van der Waals surface area contributed by atoms with E-state index in [4.69, 9.17) is 4.98 Å². The van der Waals surface area contributed by atoms with Crippen LogP contribution in [0.25, 0.3) is 56.1 Å². The molecule has 0 amide bonds. The standard InChI is InChI=1S/C23H14FN7O/c24-14-8-13(9-15(32)10-14)19-20-17(5-7-26-19)28-23(29-20)22-21-18(30-31-22)4-3-16(27-21)12-2-1-6-25-11-12/h1-11,32H,(H,28,29)(H,30,31). The van der Waals surface area contributed by atoms with Crippen molar-refractivity contribution in [3.8, 4) is 39.8 Å². The number of pyridine rings is 3. The van der Waals surface area contributed by atoms with Crippen molar-refractivity contribution in [1.82, 2.24) is 35.1 Å². The van der Waals surface area contributed by atoms with Crippen molar-refractivity contribution < 1.29 is 9.50 Å². The summed E-state index contributed by atoms with van der Waals surface area (Å²) in [5.41, 5.74) is 5.74. The Labute approximate surface area is 179 Å². The number of aromatic hydroxyl groups is 1. The zero-order valence-corrected chi connectivity index (χ0v) is 16.4. The number of hydrogen-bond acceptors (Lipinski definition) is 6. The van der Waals surface area contributed by atoms with E-state index in [0.29, 0.717) is 39.3 Å². The number of H-pyrrole nitrogens is 2. The summed E-state index contributed by atoms with van der Waals surface area (Å²) in [6, 6.07) is 13.2. The summed E-state index contributed by atoms with van der Waals surface area (Å²) < 4.78 is 13.9. The second-order valence-corrected chi connectivity index (χ2v) is 7.25. The second-order valence-electron chi connectivity index (χ2n) is 7.25.